The third-order valence-electron chi connectivity index (χ3n) is 3.92. The van der Waals surface area contributed by atoms with E-state index >= 15 is 0 Å². The number of sulfonamides is 1. The highest BCUT2D eigenvalue weighted by atomic mass is 35.5. The minimum Gasteiger partial charge on any atom is -0.353 e. The summed E-state index contributed by atoms with van der Waals surface area (Å²) in [5, 5.41) is 4.00. The zero-order chi connectivity index (χ0) is 20.7. The van der Waals surface area contributed by atoms with Crippen LogP contribution in [-0.2, 0) is 20.6 Å². The van der Waals surface area contributed by atoms with Crippen LogP contribution < -0.4 is 9.62 Å². The van der Waals surface area contributed by atoms with Crippen molar-refractivity contribution in [3.05, 3.63) is 64.1 Å². The van der Waals surface area contributed by atoms with E-state index in [9.17, 15) is 13.2 Å². The van der Waals surface area contributed by atoms with Gasteiger partial charge >= 0.3 is 0 Å². The number of carbonyl (C=O) groups excluding carboxylic acids is 1. The Morgan fingerprint density at radius 3 is 2.46 bits per heavy atom. The van der Waals surface area contributed by atoms with Gasteiger partial charge in [-0.1, -0.05) is 47.5 Å². The summed E-state index contributed by atoms with van der Waals surface area (Å²) in [6.45, 7) is 2.00. The Kier molecular flexibility index (Phi) is 8.49. The molecule has 28 heavy (non-hydrogen) atoms. The van der Waals surface area contributed by atoms with Crippen LogP contribution in [0.5, 0.6) is 0 Å². The van der Waals surface area contributed by atoms with Crippen molar-refractivity contribution in [3.63, 3.8) is 0 Å². The Morgan fingerprint density at radius 1 is 1.18 bits per heavy atom. The molecule has 1 amide bonds. The molecular formula is C19H22Cl2N2O3S2. The molecule has 0 heterocycles. The van der Waals surface area contributed by atoms with Crippen molar-refractivity contribution in [2.45, 2.75) is 18.7 Å². The van der Waals surface area contributed by atoms with Crippen LogP contribution in [0.25, 0.3) is 0 Å². The smallest absolute Gasteiger partial charge is 0.243 e. The van der Waals surface area contributed by atoms with Crippen molar-refractivity contribution in [2.75, 3.05) is 22.9 Å². The van der Waals surface area contributed by atoms with Gasteiger partial charge in [0.15, 0.2) is 0 Å². The van der Waals surface area contributed by atoms with Gasteiger partial charge in [0.25, 0.3) is 0 Å². The normalized spacial score (nSPS) is 12.4. The molecule has 0 saturated heterocycles. The third-order valence-corrected chi connectivity index (χ3v) is 6.75. The molecule has 0 bridgehead atoms. The first-order chi connectivity index (χ1) is 13.2. The van der Waals surface area contributed by atoms with Gasteiger partial charge < -0.3 is 5.32 Å². The number of amides is 1. The maximum atomic E-state index is 12.5. The topological polar surface area (TPSA) is 66.5 Å². The highest BCUT2D eigenvalue weighted by Gasteiger charge is 2.28. The first-order valence-electron chi connectivity index (χ1n) is 8.54. The molecule has 0 aliphatic carbocycles. The average molecular weight is 461 g/mol. The van der Waals surface area contributed by atoms with E-state index in [0.717, 1.165) is 16.1 Å². The zero-order valence-corrected chi connectivity index (χ0v) is 18.7. The quantitative estimate of drug-likeness (QED) is 0.569. The van der Waals surface area contributed by atoms with Gasteiger partial charge in [-0.05, 0) is 36.8 Å². The fourth-order valence-corrected chi connectivity index (χ4v) is 5.19. The Hall–Kier alpha value is -1.41. The van der Waals surface area contributed by atoms with Gasteiger partial charge in [-0.25, -0.2) is 8.42 Å². The van der Waals surface area contributed by atoms with Crippen LogP contribution in [0.1, 0.15) is 12.5 Å². The highest BCUT2D eigenvalue weighted by Crippen LogP contribution is 2.24. The highest BCUT2D eigenvalue weighted by molar-refractivity contribution is 7.98. The largest absolute Gasteiger partial charge is 0.353 e. The monoisotopic (exact) mass is 460 g/mol. The molecule has 1 unspecified atom stereocenters. The predicted octanol–water partition coefficient (Wildman–Crippen LogP) is 4.20. The van der Waals surface area contributed by atoms with Crippen LogP contribution in [-0.4, -0.2) is 38.9 Å². The second kappa shape index (κ2) is 10.4. The van der Waals surface area contributed by atoms with E-state index < -0.39 is 16.1 Å². The number of halogens is 2. The number of nitrogens with one attached hydrogen (secondary N) is 1. The van der Waals surface area contributed by atoms with Crippen molar-refractivity contribution in [3.8, 4) is 0 Å². The molecule has 1 N–H and O–H groups in total. The van der Waals surface area contributed by atoms with Crippen LogP contribution in [0.15, 0.2) is 48.5 Å². The zero-order valence-electron chi connectivity index (χ0n) is 15.6. The van der Waals surface area contributed by atoms with Crippen LogP contribution in [0.3, 0.4) is 0 Å². The Bertz CT molecular complexity index is 909. The van der Waals surface area contributed by atoms with Crippen molar-refractivity contribution in [1.29, 1.82) is 0 Å². The molecule has 0 fully saturated rings. The number of benzene rings is 2. The lowest BCUT2D eigenvalue weighted by molar-refractivity contribution is -0.121. The van der Waals surface area contributed by atoms with E-state index in [-0.39, 0.29) is 5.91 Å². The number of anilines is 1. The van der Waals surface area contributed by atoms with E-state index in [1.807, 2.05) is 6.07 Å². The number of para-hydroxylation sites is 1. The lowest BCUT2D eigenvalue weighted by atomic mass is 10.2. The minimum absolute atomic E-state index is 0.348. The molecule has 2 aromatic carbocycles. The maximum Gasteiger partial charge on any atom is 0.243 e. The van der Waals surface area contributed by atoms with E-state index in [2.05, 4.69) is 5.32 Å². The maximum absolute atomic E-state index is 12.5. The summed E-state index contributed by atoms with van der Waals surface area (Å²) in [7, 11) is -3.60. The van der Waals surface area contributed by atoms with Gasteiger partial charge in [0.1, 0.15) is 6.04 Å². The molecule has 9 heteroatoms. The van der Waals surface area contributed by atoms with Crippen LogP contribution in [0.2, 0.25) is 10.0 Å². The first-order valence-corrected chi connectivity index (χ1v) is 12.3. The number of rotatable bonds is 9. The lowest BCUT2D eigenvalue weighted by Crippen LogP contribution is -2.48. The Labute approximate surface area is 180 Å². The molecule has 0 aliphatic rings. The second-order valence-corrected chi connectivity index (χ2v) is 9.96. The molecule has 0 spiro atoms. The summed E-state index contributed by atoms with van der Waals surface area (Å²) >= 11 is 13.6. The number of thioether (sulfide) groups is 1. The summed E-state index contributed by atoms with van der Waals surface area (Å²) in [4.78, 5) is 12.5. The van der Waals surface area contributed by atoms with Crippen LogP contribution >= 0.6 is 35.0 Å². The number of hydrogen-bond donors (Lipinski definition) is 1. The molecule has 0 aromatic heterocycles. The van der Waals surface area contributed by atoms with Gasteiger partial charge in [0, 0.05) is 28.1 Å². The number of hydrogen-bond acceptors (Lipinski definition) is 4. The average Bonchev–Trinajstić information content (AvgIpc) is 2.62. The van der Waals surface area contributed by atoms with Crippen LogP contribution in [0.4, 0.5) is 5.69 Å². The minimum atomic E-state index is -3.60. The molecular weight excluding hydrogens is 439 g/mol. The second-order valence-electron chi connectivity index (χ2n) is 6.15. The van der Waals surface area contributed by atoms with Gasteiger partial charge in [-0.3, -0.25) is 9.10 Å². The molecule has 152 valence electrons. The van der Waals surface area contributed by atoms with Crippen LogP contribution in [0, 0.1) is 0 Å². The van der Waals surface area contributed by atoms with Crippen molar-refractivity contribution in [2.24, 2.45) is 0 Å². The van der Waals surface area contributed by atoms with E-state index in [1.54, 1.807) is 61.2 Å². The molecule has 2 aromatic rings. The van der Waals surface area contributed by atoms with Crippen molar-refractivity contribution >= 4 is 56.6 Å². The lowest BCUT2D eigenvalue weighted by Gasteiger charge is -2.28. The third kappa shape index (κ3) is 6.58. The van der Waals surface area contributed by atoms with Gasteiger partial charge in [0.05, 0.1) is 11.9 Å². The molecule has 0 radical (unpaired) electrons. The fraction of sp³-hybridized carbons (Fsp3) is 0.316. The van der Waals surface area contributed by atoms with E-state index in [0.29, 0.717) is 33.8 Å². The summed E-state index contributed by atoms with van der Waals surface area (Å²) in [6, 6.07) is 13.1. The summed E-state index contributed by atoms with van der Waals surface area (Å²) < 4.78 is 25.5. The molecule has 0 aliphatic heterocycles. The summed E-state index contributed by atoms with van der Waals surface area (Å²) in [6.07, 6.45) is 1.09. The SMILES string of the molecule is CC(C(=O)NCCSCc1ccc(Cl)cc1Cl)N(c1ccccc1)S(C)(=O)=O. The summed E-state index contributed by atoms with van der Waals surface area (Å²) in [5.74, 6) is 1.02. The molecule has 2 rings (SSSR count). The fourth-order valence-electron chi connectivity index (χ4n) is 2.60. The molecule has 0 saturated carbocycles. The van der Waals surface area contributed by atoms with E-state index in [4.69, 9.17) is 23.2 Å². The number of carbonyl (C=O) groups is 1. The van der Waals surface area contributed by atoms with Gasteiger partial charge in [-0.2, -0.15) is 11.8 Å². The Balaban J connectivity index is 1.87. The Morgan fingerprint density at radius 2 is 1.86 bits per heavy atom. The van der Waals surface area contributed by atoms with E-state index in [1.165, 1.54) is 0 Å². The van der Waals surface area contributed by atoms with Gasteiger partial charge in [-0.15, -0.1) is 0 Å². The van der Waals surface area contributed by atoms with Crippen molar-refractivity contribution < 1.29 is 13.2 Å². The van der Waals surface area contributed by atoms with Crippen molar-refractivity contribution in [1.82, 2.24) is 5.32 Å². The van der Waals surface area contributed by atoms with Gasteiger partial charge in [0.2, 0.25) is 15.9 Å². The standard InChI is InChI=1S/C19H22Cl2N2O3S2/c1-14(23(28(2,25)26)17-6-4-3-5-7-17)19(24)22-10-11-27-13-15-8-9-16(20)12-18(15)21/h3-9,12,14H,10-11,13H2,1-2H3,(H,22,24). The molecule has 5 nitrogen and oxygen atoms in total. The number of nitrogens with zero attached hydrogens (tertiary/aromatic N) is 1. The first kappa shape index (κ1) is 22.9. The predicted molar refractivity (Wildman–Crippen MR) is 119 cm³/mol. The summed E-state index contributed by atoms with van der Waals surface area (Å²) in [5.41, 5.74) is 1.43. The molecule has 1 atom stereocenters.